The van der Waals surface area contributed by atoms with Gasteiger partial charge in [0.25, 0.3) is 0 Å². The number of rotatable bonds is 2. The van der Waals surface area contributed by atoms with Crippen LogP contribution in [0.3, 0.4) is 0 Å². The Morgan fingerprint density at radius 2 is 2.24 bits per heavy atom. The minimum atomic E-state index is -1.16. The van der Waals surface area contributed by atoms with Gasteiger partial charge in [0.15, 0.2) is 0 Å². The molecule has 1 aromatic carbocycles. The quantitative estimate of drug-likeness (QED) is 0.813. The Kier molecular flexibility index (Phi) is 3.19. The zero-order valence-corrected chi connectivity index (χ0v) is 10.9. The second-order valence-corrected chi connectivity index (χ2v) is 5.07. The van der Waals surface area contributed by atoms with Crippen LogP contribution in [0.25, 0.3) is 0 Å². The average molecular weight is 297 g/mol. The number of hydrogen-bond acceptors (Lipinski definition) is 3. The molecule has 1 heterocycles. The number of carboxylic acids is 1. The third-order valence-electron chi connectivity index (χ3n) is 2.91. The lowest BCUT2D eigenvalue weighted by molar-refractivity contribution is -0.310. The third-order valence-corrected chi connectivity index (χ3v) is 3.40. The van der Waals surface area contributed by atoms with E-state index in [0.717, 1.165) is 15.7 Å². The van der Waals surface area contributed by atoms with Crippen molar-refractivity contribution in [1.82, 2.24) is 0 Å². The summed E-state index contributed by atoms with van der Waals surface area (Å²) in [5.74, 6) is -2.02. The molecule has 0 unspecified atom stereocenters. The summed E-state index contributed by atoms with van der Waals surface area (Å²) >= 11 is 3.35. The maximum atomic E-state index is 11.7. The van der Waals surface area contributed by atoms with Gasteiger partial charge in [-0.3, -0.25) is 4.79 Å². The highest BCUT2D eigenvalue weighted by atomic mass is 79.9. The number of halogens is 1. The van der Waals surface area contributed by atoms with E-state index in [1.165, 1.54) is 4.90 Å². The maximum absolute atomic E-state index is 11.7. The van der Waals surface area contributed by atoms with Gasteiger partial charge in [0.2, 0.25) is 5.91 Å². The van der Waals surface area contributed by atoms with E-state index in [4.69, 9.17) is 0 Å². The molecule has 0 bridgehead atoms. The second kappa shape index (κ2) is 4.49. The van der Waals surface area contributed by atoms with Crippen LogP contribution in [0.2, 0.25) is 0 Å². The first-order valence-electron chi connectivity index (χ1n) is 5.26. The molecule has 1 aliphatic rings. The molecule has 0 spiro atoms. The lowest BCUT2D eigenvalue weighted by Crippen LogP contribution is -2.33. The van der Waals surface area contributed by atoms with Crippen LogP contribution in [-0.4, -0.2) is 18.4 Å². The fourth-order valence-electron chi connectivity index (χ4n) is 2.02. The highest BCUT2D eigenvalue weighted by molar-refractivity contribution is 9.10. The zero-order chi connectivity index (χ0) is 12.6. The Labute approximate surface area is 107 Å². The molecule has 90 valence electrons. The number of benzene rings is 1. The molecular weight excluding hydrogens is 286 g/mol. The summed E-state index contributed by atoms with van der Waals surface area (Å²) in [7, 11) is 0. The van der Waals surface area contributed by atoms with Gasteiger partial charge in [-0.05, 0) is 30.7 Å². The van der Waals surface area contributed by atoms with Crippen LogP contribution in [0.15, 0.2) is 22.7 Å². The number of aliphatic carboxylic acids is 1. The summed E-state index contributed by atoms with van der Waals surface area (Å²) in [6, 6.07) is 5.55. The highest BCUT2D eigenvalue weighted by Gasteiger charge is 2.31. The standard InChI is InChI=1S/C12H12BrNO3/c1-7-4-9(13)2-3-10(7)14-6-8(12(16)17)5-11(14)15/h2-4,8H,5-6H2,1H3,(H,16,17)/p-1/t8-/m0/s1. The third kappa shape index (κ3) is 2.34. The average Bonchev–Trinajstić information content (AvgIpc) is 2.61. The summed E-state index contributed by atoms with van der Waals surface area (Å²) in [4.78, 5) is 24.0. The van der Waals surface area contributed by atoms with Gasteiger partial charge in [0.05, 0.1) is 0 Å². The molecular formula is C12H11BrNO3-. The molecule has 17 heavy (non-hydrogen) atoms. The van der Waals surface area contributed by atoms with Gasteiger partial charge in [-0.15, -0.1) is 0 Å². The second-order valence-electron chi connectivity index (χ2n) is 4.16. The first kappa shape index (κ1) is 12.1. The summed E-state index contributed by atoms with van der Waals surface area (Å²) in [5.41, 5.74) is 1.70. The Morgan fingerprint density at radius 1 is 1.53 bits per heavy atom. The number of carbonyl (C=O) groups is 2. The Bertz CT molecular complexity index is 487. The lowest BCUT2D eigenvalue weighted by atomic mass is 10.1. The molecule has 1 atom stereocenters. The smallest absolute Gasteiger partial charge is 0.227 e. The van der Waals surface area contributed by atoms with Crippen molar-refractivity contribution in [3.05, 3.63) is 28.2 Å². The molecule has 1 aromatic rings. The summed E-state index contributed by atoms with van der Waals surface area (Å²) in [5, 5.41) is 10.8. The lowest BCUT2D eigenvalue weighted by Gasteiger charge is -2.19. The van der Waals surface area contributed by atoms with E-state index in [-0.39, 0.29) is 18.9 Å². The molecule has 1 saturated heterocycles. The minimum absolute atomic E-state index is 0.0256. The number of carbonyl (C=O) groups excluding carboxylic acids is 2. The van der Waals surface area contributed by atoms with Crippen molar-refractivity contribution in [2.75, 3.05) is 11.4 Å². The molecule has 4 nitrogen and oxygen atoms in total. The van der Waals surface area contributed by atoms with Crippen LogP contribution in [0.1, 0.15) is 12.0 Å². The molecule has 0 radical (unpaired) electrons. The molecule has 5 heteroatoms. The summed E-state index contributed by atoms with van der Waals surface area (Å²) in [6.07, 6.45) is 0.0256. The monoisotopic (exact) mass is 296 g/mol. The number of carboxylic acid groups (broad SMARTS) is 1. The van der Waals surface area contributed by atoms with Gasteiger partial charge >= 0.3 is 0 Å². The Hall–Kier alpha value is -1.36. The van der Waals surface area contributed by atoms with E-state index in [2.05, 4.69) is 15.9 Å². The SMILES string of the molecule is Cc1cc(Br)ccc1N1C[C@@H](C(=O)[O-])CC1=O. The molecule has 1 aliphatic heterocycles. The van der Waals surface area contributed by atoms with Crippen LogP contribution >= 0.6 is 15.9 Å². The fraction of sp³-hybridized carbons (Fsp3) is 0.333. The van der Waals surface area contributed by atoms with Gasteiger partial charge in [0.1, 0.15) is 0 Å². The minimum Gasteiger partial charge on any atom is -0.550 e. The molecule has 2 rings (SSSR count). The van der Waals surface area contributed by atoms with Crippen molar-refractivity contribution < 1.29 is 14.7 Å². The Balaban J connectivity index is 2.29. The van der Waals surface area contributed by atoms with Crippen LogP contribution in [-0.2, 0) is 9.59 Å². The van der Waals surface area contributed by atoms with Gasteiger partial charge in [0, 0.05) is 35.0 Å². The van der Waals surface area contributed by atoms with Gasteiger partial charge < -0.3 is 14.8 Å². The molecule has 0 aliphatic carbocycles. The van der Waals surface area contributed by atoms with Crippen LogP contribution in [0, 0.1) is 12.8 Å². The van der Waals surface area contributed by atoms with Crippen molar-refractivity contribution >= 4 is 33.5 Å². The van der Waals surface area contributed by atoms with Crippen molar-refractivity contribution in [3.8, 4) is 0 Å². The first-order chi connectivity index (χ1) is 7.99. The molecule has 1 fully saturated rings. The number of amides is 1. The zero-order valence-electron chi connectivity index (χ0n) is 9.27. The summed E-state index contributed by atoms with van der Waals surface area (Å²) < 4.78 is 0.932. The largest absolute Gasteiger partial charge is 0.550 e. The fourth-order valence-corrected chi connectivity index (χ4v) is 2.50. The van der Waals surface area contributed by atoms with Crippen molar-refractivity contribution in [3.63, 3.8) is 0 Å². The Morgan fingerprint density at radius 3 is 2.76 bits per heavy atom. The van der Waals surface area contributed by atoms with Crippen molar-refractivity contribution in [2.24, 2.45) is 5.92 Å². The number of anilines is 1. The first-order valence-corrected chi connectivity index (χ1v) is 6.05. The highest BCUT2D eigenvalue weighted by Crippen LogP contribution is 2.29. The molecule has 0 saturated carbocycles. The van der Waals surface area contributed by atoms with E-state index in [0.29, 0.717) is 0 Å². The normalized spacial score (nSPS) is 19.8. The summed E-state index contributed by atoms with van der Waals surface area (Å²) in [6.45, 7) is 2.09. The van der Waals surface area contributed by atoms with Crippen LogP contribution < -0.4 is 10.0 Å². The van der Waals surface area contributed by atoms with E-state index in [1.807, 2.05) is 25.1 Å². The van der Waals surface area contributed by atoms with E-state index >= 15 is 0 Å². The maximum Gasteiger partial charge on any atom is 0.227 e. The van der Waals surface area contributed by atoms with E-state index in [1.54, 1.807) is 0 Å². The van der Waals surface area contributed by atoms with Crippen LogP contribution in [0.5, 0.6) is 0 Å². The van der Waals surface area contributed by atoms with Gasteiger partial charge in [-0.2, -0.15) is 0 Å². The van der Waals surface area contributed by atoms with Gasteiger partial charge in [-0.25, -0.2) is 0 Å². The van der Waals surface area contributed by atoms with E-state index in [9.17, 15) is 14.7 Å². The predicted molar refractivity (Wildman–Crippen MR) is 64.3 cm³/mol. The molecule has 0 N–H and O–H groups in total. The predicted octanol–water partition coefficient (Wildman–Crippen LogP) is 0.860. The van der Waals surface area contributed by atoms with E-state index < -0.39 is 11.9 Å². The van der Waals surface area contributed by atoms with Gasteiger partial charge in [-0.1, -0.05) is 15.9 Å². The number of nitrogens with zero attached hydrogens (tertiary/aromatic N) is 1. The topological polar surface area (TPSA) is 60.4 Å². The van der Waals surface area contributed by atoms with Crippen molar-refractivity contribution in [2.45, 2.75) is 13.3 Å². The molecule has 0 aromatic heterocycles. The van der Waals surface area contributed by atoms with Crippen LogP contribution in [0.4, 0.5) is 5.69 Å². The number of aryl methyl sites for hydroxylation is 1. The molecule has 1 amide bonds. The number of hydrogen-bond donors (Lipinski definition) is 0. The van der Waals surface area contributed by atoms with Crippen molar-refractivity contribution in [1.29, 1.82) is 0 Å².